The molecule has 1 heterocycles. The number of sulfonamides is 1. The van der Waals surface area contributed by atoms with Gasteiger partial charge in [0.2, 0.25) is 13.8 Å². The van der Waals surface area contributed by atoms with Crippen molar-refractivity contribution in [3.8, 4) is 0 Å². The van der Waals surface area contributed by atoms with Gasteiger partial charge >= 0.3 is 0 Å². The summed E-state index contributed by atoms with van der Waals surface area (Å²) < 4.78 is 20.6. The maximum absolute atomic E-state index is 12.1. The van der Waals surface area contributed by atoms with Gasteiger partial charge in [-0.3, -0.25) is 4.79 Å². The molecule has 2 aromatic rings. The van der Waals surface area contributed by atoms with E-state index in [4.69, 9.17) is 39.9 Å². The van der Waals surface area contributed by atoms with Gasteiger partial charge in [-0.2, -0.15) is 0 Å². The van der Waals surface area contributed by atoms with Gasteiger partial charge in [0, 0.05) is 5.69 Å². The average Bonchev–Trinajstić information content (AvgIpc) is 2.99. The van der Waals surface area contributed by atoms with Crippen LogP contribution in [0.2, 0.25) is 0 Å². The highest BCUT2D eigenvalue weighted by molar-refractivity contribution is 7.89. The molecule has 0 aliphatic rings. The van der Waals surface area contributed by atoms with Crippen molar-refractivity contribution in [3.63, 3.8) is 0 Å². The molecule has 1 atom stereocenters. The molecule has 0 aliphatic heterocycles. The van der Waals surface area contributed by atoms with Crippen LogP contribution in [0.5, 0.6) is 0 Å². The number of hydrogen-bond acceptors (Lipinski definition) is 5. The Morgan fingerprint density at radius 3 is 2.25 bits per heavy atom. The molecule has 0 aliphatic carbocycles. The van der Waals surface area contributed by atoms with Crippen LogP contribution in [0.3, 0.4) is 0 Å². The molecule has 130 valence electrons. The largest absolute Gasteiger partial charge is 0.362 e. The van der Waals surface area contributed by atoms with Crippen molar-refractivity contribution in [2.45, 2.75) is 14.9 Å². The van der Waals surface area contributed by atoms with Crippen molar-refractivity contribution in [1.29, 1.82) is 0 Å². The van der Waals surface area contributed by atoms with Gasteiger partial charge in [0.15, 0.2) is 0 Å². The maximum atomic E-state index is 12.1. The summed E-state index contributed by atoms with van der Waals surface area (Å²) >= 11 is 18.9. The zero-order valence-electron chi connectivity index (χ0n) is 11.9. The van der Waals surface area contributed by atoms with E-state index in [9.17, 15) is 13.2 Å². The number of alkyl halides is 3. The predicted octanol–water partition coefficient (Wildman–Crippen LogP) is 2.93. The van der Waals surface area contributed by atoms with Crippen LogP contribution in [0.25, 0.3) is 0 Å². The lowest BCUT2D eigenvalue weighted by Gasteiger charge is -2.27. The molecule has 4 N–H and O–H groups in total. The highest BCUT2D eigenvalue weighted by Gasteiger charge is 2.34. The van der Waals surface area contributed by atoms with E-state index in [1.54, 1.807) is 17.5 Å². The summed E-state index contributed by atoms with van der Waals surface area (Å²) in [5, 5.41) is 12.2. The SMILES string of the molecule is NS(=O)(=O)c1ccc(NC(NC(=O)c2cccs2)C(Cl)(Cl)Cl)cc1. The number of anilines is 1. The fourth-order valence-corrected chi connectivity index (χ4v) is 3.19. The lowest BCUT2D eigenvalue weighted by atomic mass is 10.3. The first-order chi connectivity index (χ1) is 11.1. The molecule has 1 amide bonds. The third kappa shape index (κ3) is 5.23. The molecule has 24 heavy (non-hydrogen) atoms. The van der Waals surface area contributed by atoms with Crippen molar-refractivity contribution < 1.29 is 13.2 Å². The number of nitrogens with two attached hydrogens (primary N) is 1. The molecule has 0 bridgehead atoms. The number of thiophene rings is 1. The zero-order valence-corrected chi connectivity index (χ0v) is 15.8. The smallest absolute Gasteiger partial charge is 0.263 e. The van der Waals surface area contributed by atoms with E-state index >= 15 is 0 Å². The number of halogens is 3. The minimum Gasteiger partial charge on any atom is -0.362 e. The van der Waals surface area contributed by atoms with Gasteiger partial charge in [-0.15, -0.1) is 11.3 Å². The Labute approximate surface area is 157 Å². The molecule has 11 heteroatoms. The third-order valence-electron chi connectivity index (χ3n) is 2.84. The first-order valence-electron chi connectivity index (χ1n) is 6.38. The van der Waals surface area contributed by atoms with Crippen LogP contribution in [0.15, 0.2) is 46.7 Å². The van der Waals surface area contributed by atoms with Crippen LogP contribution in [0, 0.1) is 0 Å². The van der Waals surface area contributed by atoms with Crippen LogP contribution < -0.4 is 15.8 Å². The molecule has 0 spiro atoms. The van der Waals surface area contributed by atoms with E-state index < -0.39 is 25.9 Å². The van der Waals surface area contributed by atoms with E-state index in [1.165, 1.54) is 35.6 Å². The second kappa shape index (κ2) is 7.47. The molecular formula is C13H12Cl3N3O3S2. The molecule has 0 radical (unpaired) electrons. The van der Waals surface area contributed by atoms with E-state index in [-0.39, 0.29) is 4.90 Å². The number of hydrogen-bond donors (Lipinski definition) is 3. The Hall–Kier alpha value is -1.03. The number of benzene rings is 1. The van der Waals surface area contributed by atoms with Gasteiger partial charge in [0.25, 0.3) is 5.91 Å². The monoisotopic (exact) mass is 427 g/mol. The summed E-state index contributed by atoms with van der Waals surface area (Å²) in [6.45, 7) is 0. The summed E-state index contributed by atoms with van der Waals surface area (Å²) in [5.41, 5.74) is 0.435. The van der Waals surface area contributed by atoms with Crippen molar-refractivity contribution in [3.05, 3.63) is 46.7 Å². The van der Waals surface area contributed by atoms with Gasteiger partial charge in [0.1, 0.15) is 6.17 Å². The predicted molar refractivity (Wildman–Crippen MR) is 97.3 cm³/mol. The summed E-state index contributed by atoms with van der Waals surface area (Å²) in [5.74, 6) is -0.407. The van der Waals surface area contributed by atoms with Crippen LogP contribution in [0.4, 0.5) is 5.69 Å². The number of amides is 1. The van der Waals surface area contributed by atoms with Gasteiger partial charge in [-0.05, 0) is 35.7 Å². The fourth-order valence-electron chi connectivity index (χ4n) is 1.72. The molecule has 1 unspecified atom stereocenters. The van der Waals surface area contributed by atoms with Crippen LogP contribution >= 0.6 is 46.1 Å². The average molecular weight is 429 g/mol. The van der Waals surface area contributed by atoms with Crippen molar-refractivity contribution in [2.75, 3.05) is 5.32 Å². The van der Waals surface area contributed by atoms with Gasteiger partial charge in [0.05, 0.1) is 9.77 Å². The number of rotatable bonds is 5. The molecule has 2 rings (SSSR count). The molecule has 6 nitrogen and oxygen atoms in total. The van der Waals surface area contributed by atoms with E-state index in [0.717, 1.165) is 0 Å². The molecule has 0 fully saturated rings. The second-order valence-electron chi connectivity index (χ2n) is 4.64. The number of primary sulfonamides is 1. The van der Waals surface area contributed by atoms with Crippen molar-refractivity contribution >= 4 is 67.8 Å². The summed E-state index contributed by atoms with van der Waals surface area (Å²) in [6, 6.07) is 8.85. The standard InChI is InChI=1S/C13H12Cl3N3O3S2/c14-13(15,16)12(19-11(20)10-2-1-7-23-10)18-8-3-5-9(6-4-8)24(17,21)22/h1-7,12,18H,(H,19,20)(H2,17,21,22). The second-order valence-corrected chi connectivity index (χ2v) is 9.52. The lowest BCUT2D eigenvalue weighted by molar-refractivity contribution is 0.0946. The van der Waals surface area contributed by atoms with Crippen molar-refractivity contribution in [2.24, 2.45) is 5.14 Å². The van der Waals surface area contributed by atoms with Gasteiger partial charge in [-0.25, -0.2) is 13.6 Å². The molecular weight excluding hydrogens is 417 g/mol. The number of carbonyl (C=O) groups is 1. The summed E-state index contributed by atoms with van der Waals surface area (Å²) in [7, 11) is -3.80. The molecule has 0 saturated heterocycles. The van der Waals surface area contributed by atoms with Crippen LogP contribution in [-0.4, -0.2) is 24.3 Å². The molecule has 1 aromatic carbocycles. The van der Waals surface area contributed by atoms with E-state index in [2.05, 4.69) is 10.6 Å². The van der Waals surface area contributed by atoms with E-state index in [1.807, 2.05) is 0 Å². The highest BCUT2D eigenvalue weighted by atomic mass is 35.6. The molecule has 1 aromatic heterocycles. The van der Waals surface area contributed by atoms with Crippen LogP contribution in [0.1, 0.15) is 9.67 Å². The topological polar surface area (TPSA) is 101 Å². The van der Waals surface area contributed by atoms with E-state index in [0.29, 0.717) is 10.6 Å². The normalized spacial score (nSPS) is 13.3. The first kappa shape index (κ1) is 19.3. The maximum Gasteiger partial charge on any atom is 0.263 e. The lowest BCUT2D eigenvalue weighted by Crippen LogP contribution is -2.48. The Bertz CT molecular complexity index is 803. The minimum atomic E-state index is -3.80. The quantitative estimate of drug-likeness (QED) is 0.503. The molecule has 0 saturated carbocycles. The fraction of sp³-hybridized carbons (Fsp3) is 0.154. The number of nitrogens with one attached hydrogen (secondary N) is 2. The Balaban J connectivity index is 2.16. The van der Waals surface area contributed by atoms with Gasteiger partial charge < -0.3 is 10.6 Å². The van der Waals surface area contributed by atoms with Gasteiger partial charge in [-0.1, -0.05) is 40.9 Å². The summed E-state index contributed by atoms with van der Waals surface area (Å²) in [6.07, 6.45) is -1.04. The van der Waals surface area contributed by atoms with Crippen molar-refractivity contribution in [1.82, 2.24) is 5.32 Å². The number of carbonyl (C=O) groups excluding carboxylic acids is 1. The Morgan fingerprint density at radius 2 is 1.79 bits per heavy atom. The summed E-state index contributed by atoms with van der Waals surface area (Å²) in [4.78, 5) is 12.5. The first-order valence-corrected chi connectivity index (χ1v) is 9.94. The third-order valence-corrected chi connectivity index (χ3v) is 5.29. The highest BCUT2D eigenvalue weighted by Crippen LogP contribution is 2.31. The Morgan fingerprint density at radius 1 is 1.17 bits per heavy atom. The van der Waals surface area contributed by atoms with Crippen LogP contribution in [-0.2, 0) is 10.0 Å². The zero-order chi connectivity index (χ0) is 18.0. The Kier molecular flexibility index (Phi) is 6.00. The minimum absolute atomic E-state index is 0.0545.